The monoisotopic (exact) mass is 305 g/mol. The second kappa shape index (κ2) is 9.13. The van der Waals surface area contributed by atoms with Crippen LogP contribution in [0.4, 0.5) is 0 Å². The van der Waals surface area contributed by atoms with E-state index in [0.29, 0.717) is 6.42 Å². The lowest BCUT2D eigenvalue weighted by molar-refractivity contribution is -0.121. The molecule has 4 nitrogen and oxygen atoms in total. The number of hydrogen-bond donors (Lipinski definition) is 2. The van der Waals surface area contributed by atoms with E-state index >= 15 is 0 Å². The van der Waals surface area contributed by atoms with E-state index in [-0.39, 0.29) is 36.8 Å². The fraction of sp³-hybridized carbons (Fsp3) is 0.538. The number of rotatable bonds is 3. The fourth-order valence-corrected chi connectivity index (χ4v) is 2.04. The number of amides is 1. The van der Waals surface area contributed by atoms with Gasteiger partial charge in [-0.1, -0.05) is 6.07 Å². The number of aromatic nitrogens is 1. The van der Waals surface area contributed by atoms with Crippen LogP contribution in [-0.4, -0.2) is 30.0 Å². The summed E-state index contributed by atoms with van der Waals surface area (Å²) in [5.74, 6) is 0.0874. The normalized spacial score (nSPS) is 17.8. The molecule has 2 rings (SSSR count). The maximum atomic E-state index is 11.8. The molecule has 2 N–H and O–H groups in total. The van der Waals surface area contributed by atoms with E-state index in [2.05, 4.69) is 15.6 Å². The van der Waals surface area contributed by atoms with Gasteiger partial charge in [0.05, 0.1) is 6.42 Å². The van der Waals surface area contributed by atoms with E-state index in [1.165, 1.54) is 0 Å². The second-order valence-corrected chi connectivity index (χ2v) is 4.60. The van der Waals surface area contributed by atoms with Crippen LogP contribution in [-0.2, 0) is 11.2 Å². The van der Waals surface area contributed by atoms with Crippen LogP contribution in [0.15, 0.2) is 18.3 Å². The van der Waals surface area contributed by atoms with Crippen LogP contribution in [0.2, 0.25) is 0 Å². The summed E-state index contributed by atoms with van der Waals surface area (Å²) in [5, 5.41) is 6.34. The summed E-state index contributed by atoms with van der Waals surface area (Å²) in [7, 11) is 0. The SMILES string of the molecule is Cc1ccc(CC(=O)NC2CCCNC2)cn1.Cl.Cl. The van der Waals surface area contributed by atoms with Gasteiger partial charge in [-0.2, -0.15) is 0 Å². The summed E-state index contributed by atoms with van der Waals surface area (Å²) in [6.45, 7) is 3.89. The molecule has 2 heterocycles. The minimum absolute atomic E-state index is 0. The van der Waals surface area contributed by atoms with E-state index in [4.69, 9.17) is 0 Å². The molecule has 6 heteroatoms. The lowest BCUT2D eigenvalue weighted by atomic mass is 10.1. The summed E-state index contributed by atoms with van der Waals surface area (Å²) < 4.78 is 0. The highest BCUT2D eigenvalue weighted by Crippen LogP contribution is 2.03. The number of halogens is 2. The molecule has 1 unspecified atom stereocenters. The van der Waals surface area contributed by atoms with Crippen LogP contribution < -0.4 is 10.6 Å². The highest BCUT2D eigenvalue weighted by atomic mass is 35.5. The van der Waals surface area contributed by atoms with Crippen molar-refractivity contribution in [2.45, 2.75) is 32.2 Å². The first kappa shape index (κ1) is 18.2. The van der Waals surface area contributed by atoms with Crippen molar-refractivity contribution in [3.05, 3.63) is 29.6 Å². The lowest BCUT2D eigenvalue weighted by Gasteiger charge is -2.23. The van der Waals surface area contributed by atoms with Gasteiger partial charge in [-0.3, -0.25) is 9.78 Å². The molecule has 0 saturated carbocycles. The zero-order valence-corrected chi connectivity index (χ0v) is 12.6. The minimum Gasteiger partial charge on any atom is -0.352 e. The third-order valence-electron chi connectivity index (χ3n) is 3.00. The number of carbonyl (C=O) groups excluding carboxylic acids is 1. The number of carbonyl (C=O) groups is 1. The van der Waals surface area contributed by atoms with E-state index in [0.717, 1.165) is 37.2 Å². The van der Waals surface area contributed by atoms with Gasteiger partial charge >= 0.3 is 0 Å². The molecule has 0 radical (unpaired) electrons. The highest BCUT2D eigenvalue weighted by molar-refractivity contribution is 5.85. The number of pyridine rings is 1. The van der Waals surface area contributed by atoms with E-state index in [1.54, 1.807) is 6.20 Å². The molecular formula is C13H21Cl2N3O. The van der Waals surface area contributed by atoms with Crippen molar-refractivity contribution in [2.24, 2.45) is 0 Å². The average molecular weight is 306 g/mol. The molecule has 19 heavy (non-hydrogen) atoms. The number of aryl methyl sites for hydroxylation is 1. The number of piperidine rings is 1. The molecule has 108 valence electrons. The molecule has 1 amide bonds. The van der Waals surface area contributed by atoms with Crippen LogP contribution in [0, 0.1) is 6.92 Å². The summed E-state index contributed by atoms with van der Waals surface area (Å²) >= 11 is 0. The molecule has 0 spiro atoms. The van der Waals surface area contributed by atoms with Crippen LogP contribution >= 0.6 is 24.8 Å². The molecule has 1 atom stereocenters. The molecule has 0 aromatic carbocycles. The minimum atomic E-state index is 0. The fourth-order valence-electron chi connectivity index (χ4n) is 2.04. The molecule has 1 fully saturated rings. The second-order valence-electron chi connectivity index (χ2n) is 4.60. The Morgan fingerprint density at radius 3 is 2.84 bits per heavy atom. The molecule has 1 aliphatic heterocycles. The van der Waals surface area contributed by atoms with Gasteiger partial charge in [0.25, 0.3) is 0 Å². The van der Waals surface area contributed by atoms with Crippen LogP contribution in [0.25, 0.3) is 0 Å². The van der Waals surface area contributed by atoms with Gasteiger partial charge in [-0.15, -0.1) is 24.8 Å². The largest absolute Gasteiger partial charge is 0.352 e. The van der Waals surface area contributed by atoms with Crippen LogP contribution in [0.3, 0.4) is 0 Å². The van der Waals surface area contributed by atoms with Gasteiger partial charge in [0.1, 0.15) is 0 Å². The van der Waals surface area contributed by atoms with Crippen molar-refractivity contribution in [3.63, 3.8) is 0 Å². The molecule has 1 aromatic rings. The zero-order valence-electron chi connectivity index (χ0n) is 11.0. The standard InChI is InChI=1S/C13H19N3O.2ClH/c1-10-4-5-11(8-15-10)7-13(17)16-12-3-2-6-14-9-12;;/h4-5,8,12,14H,2-3,6-7,9H2,1H3,(H,16,17);2*1H. The van der Waals surface area contributed by atoms with Gasteiger partial charge in [-0.25, -0.2) is 0 Å². The van der Waals surface area contributed by atoms with Crippen molar-refractivity contribution in [1.29, 1.82) is 0 Å². The van der Waals surface area contributed by atoms with Crippen molar-refractivity contribution in [1.82, 2.24) is 15.6 Å². The Bertz CT molecular complexity index is 378. The van der Waals surface area contributed by atoms with Crippen molar-refractivity contribution in [3.8, 4) is 0 Å². The molecular weight excluding hydrogens is 285 g/mol. The number of nitrogens with one attached hydrogen (secondary N) is 2. The van der Waals surface area contributed by atoms with Crippen molar-refractivity contribution < 1.29 is 4.79 Å². The Morgan fingerprint density at radius 2 is 2.26 bits per heavy atom. The van der Waals surface area contributed by atoms with Gasteiger partial charge in [0.2, 0.25) is 5.91 Å². The van der Waals surface area contributed by atoms with Crippen molar-refractivity contribution in [2.75, 3.05) is 13.1 Å². The van der Waals surface area contributed by atoms with Gasteiger partial charge in [0, 0.05) is 24.5 Å². The number of hydrogen-bond acceptors (Lipinski definition) is 3. The molecule has 0 aliphatic carbocycles. The van der Waals surface area contributed by atoms with Crippen LogP contribution in [0.5, 0.6) is 0 Å². The number of nitrogens with zero attached hydrogens (tertiary/aromatic N) is 1. The molecule has 1 aliphatic rings. The summed E-state index contributed by atoms with van der Waals surface area (Å²) in [4.78, 5) is 16.0. The first-order chi connectivity index (χ1) is 8.24. The van der Waals surface area contributed by atoms with Crippen molar-refractivity contribution >= 4 is 30.7 Å². The molecule has 1 aromatic heterocycles. The Labute approximate surface area is 126 Å². The molecule has 0 bridgehead atoms. The van der Waals surface area contributed by atoms with Gasteiger partial charge < -0.3 is 10.6 Å². The van der Waals surface area contributed by atoms with Gasteiger partial charge in [-0.05, 0) is 37.9 Å². The molecule has 1 saturated heterocycles. The summed E-state index contributed by atoms with van der Waals surface area (Å²) in [6, 6.07) is 4.18. The zero-order chi connectivity index (χ0) is 12.1. The predicted octanol–water partition coefficient (Wildman–Crippen LogP) is 1.64. The summed E-state index contributed by atoms with van der Waals surface area (Å²) in [5.41, 5.74) is 1.95. The highest BCUT2D eigenvalue weighted by Gasteiger charge is 2.15. The van der Waals surface area contributed by atoms with Gasteiger partial charge in [0.15, 0.2) is 0 Å². The van der Waals surface area contributed by atoms with Crippen LogP contribution in [0.1, 0.15) is 24.1 Å². The quantitative estimate of drug-likeness (QED) is 0.893. The third-order valence-corrected chi connectivity index (χ3v) is 3.00. The van der Waals surface area contributed by atoms with E-state index in [9.17, 15) is 4.79 Å². The Hall–Kier alpha value is -0.840. The summed E-state index contributed by atoms with van der Waals surface area (Å²) in [6.07, 6.45) is 4.40. The maximum Gasteiger partial charge on any atom is 0.224 e. The smallest absolute Gasteiger partial charge is 0.224 e. The Morgan fingerprint density at radius 1 is 1.47 bits per heavy atom. The van der Waals surface area contributed by atoms with E-state index in [1.807, 2.05) is 19.1 Å². The third kappa shape index (κ3) is 6.23. The topological polar surface area (TPSA) is 54.0 Å². The Kier molecular flexibility index (Phi) is 8.72. The predicted molar refractivity (Wildman–Crippen MR) is 81.2 cm³/mol. The lowest BCUT2D eigenvalue weighted by Crippen LogP contribution is -2.46. The maximum absolute atomic E-state index is 11.8. The average Bonchev–Trinajstić information content (AvgIpc) is 2.33. The Balaban J connectivity index is 0.00000162. The first-order valence-corrected chi connectivity index (χ1v) is 6.15. The first-order valence-electron chi connectivity index (χ1n) is 6.15. The van der Waals surface area contributed by atoms with E-state index < -0.39 is 0 Å².